The molecule has 1 aromatic rings. The molecule has 5 heteroatoms. The highest BCUT2D eigenvalue weighted by Gasteiger charge is 2.28. The number of aliphatic hydroxyl groups excluding tert-OH is 1. The normalized spacial score (nSPS) is 20.7. The van der Waals surface area contributed by atoms with Crippen LogP contribution in [0.4, 0.5) is 4.39 Å². The van der Waals surface area contributed by atoms with E-state index in [1.54, 1.807) is 24.1 Å². The maximum atomic E-state index is 12.7. The van der Waals surface area contributed by atoms with Gasteiger partial charge < -0.3 is 14.7 Å². The van der Waals surface area contributed by atoms with Gasteiger partial charge in [-0.05, 0) is 49.4 Å². The van der Waals surface area contributed by atoms with Gasteiger partial charge in [-0.2, -0.15) is 0 Å². The van der Waals surface area contributed by atoms with Gasteiger partial charge in [-0.15, -0.1) is 0 Å². The minimum atomic E-state index is -0.291. The van der Waals surface area contributed by atoms with Crippen molar-refractivity contribution >= 4 is 5.91 Å². The molecule has 1 amide bonds. The molecule has 0 aromatic heterocycles. The number of carbonyl (C=O) groups is 1. The summed E-state index contributed by atoms with van der Waals surface area (Å²) >= 11 is 0. The molecule has 0 heterocycles. The van der Waals surface area contributed by atoms with E-state index in [2.05, 4.69) is 0 Å². The lowest BCUT2D eigenvalue weighted by atomic mass is 9.82. The average Bonchev–Trinajstić information content (AvgIpc) is 2.43. The van der Waals surface area contributed by atoms with Crippen molar-refractivity contribution in [2.45, 2.75) is 31.8 Å². The fourth-order valence-corrected chi connectivity index (χ4v) is 2.47. The zero-order valence-electron chi connectivity index (χ0n) is 12.3. The number of ether oxygens (including phenoxy) is 1. The Morgan fingerprint density at radius 3 is 2.67 bits per heavy atom. The first kappa shape index (κ1) is 15.8. The SMILES string of the molecule is CN(CC1CC(O)C1)C(=O)CCCOc1ccc(F)cc1. The van der Waals surface area contributed by atoms with E-state index < -0.39 is 0 Å². The van der Waals surface area contributed by atoms with Crippen molar-refractivity contribution in [2.75, 3.05) is 20.2 Å². The summed E-state index contributed by atoms with van der Waals surface area (Å²) in [6.07, 6.45) is 2.49. The molecule has 1 aromatic carbocycles. The van der Waals surface area contributed by atoms with Crippen LogP contribution in [0.5, 0.6) is 5.75 Å². The van der Waals surface area contributed by atoms with Crippen molar-refractivity contribution in [1.82, 2.24) is 4.90 Å². The van der Waals surface area contributed by atoms with Gasteiger partial charge in [0.2, 0.25) is 5.91 Å². The first-order valence-electron chi connectivity index (χ1n) is 7.35. The molecule has 0 atom stereocenters. The maximum Gasteiger partial charge on any atom is 0.222 e. The fourth-order valence-electron chi connectivity index (χ4n) is 2.47. The van der Waals surface area contributed by atoms with E-state index in [1.807, 2.05) is 0 Å². The predicted molar refractivity (Wildman–Crippen MR) is 77.5 cm³/mol. The van der Waals surface area contributed by atoms with Crippen LogP contribution in [0.25, 0.3) is 0 Å². The van der Waals surface area contributed by atoms with Gasteiger partial charge in [-0.3, -0.25) is 4.79 Å². The first-order chi connectivity index (χ1) is 10.0. The van der Waals surface area contributed by atoms with Crippen molar-refractivity contribution in [3.05, 3.63) is 30.1 Å². The van der Waals surface area contributed by atoms with Crippen LogP contribution in [0.15, 0.2) is 24.3 Å². The third kappa shape index (κ3) is 5.01. The number of rotatable bonds is 7. The summed E-state index contributed by atoms with van der Waals surface area (Å²) in [6, 6.07) is 5.85. The van der Waals surface area contributed by atoms with Crippen molar-refractivity contribution in [3.8, 4) is 5.75 Å². The van der Waals surface area contributed by atoms with E-state index in [0.717, 1.165) is 12.8 Å². The van der Waals surface area contributed by atoms with Gasteiger partial charge >= 0.3 is 0 Å². The van der Waals surface area contributed by atoms with Crippen molar-refractivity contribution in [3.63, 3.8) is 0 Å². The van der Waals surface area contributed by atoms with Crippen molar-refractivity contribution in [1.29, 1.82) is 0 Å². The number of hydrogen-bond donors (Lipinski definition) is 1. The Hall–Kier alpha value is -1.62. The quantitative estimate of drug-likeness (QED) is 0.785. The first-order valence-corrected chi connectivity index (χ1v) is 7.35. The monoisotopic (exact) mass is 295 g/mol. The van der Waals surface area contributed by atoms with Crippen LogP contribution >= 0.6 is 0 Å². The van der Waals surface area contributed by atoms with Crippen LogP contribution in [0.1, 0.15) is 25.7 Å². The van der Waals surface area contributed by atoms with Crippen molar-refractivity contribution < 1.29 is 19.0 Å². The molecule has 116 valence electrons. The minimum absolute atomic E-state index is 0.0964. The minimum Gasteiger partial charge on any atom is -0.494 e. The lowest BCUT2D eigenvalue weighted by Gasteiger charge is -2.34. The average molecular weight is 295 g/mol. The molecule has 1 aliphatic carbocycles. The van der Waals surface area contributed by atoms with Crippen LogP contribution in [-0.2, 0) is 4.79 Å². The van der Waals surface area contributed by atoms with Gasteiger partial charge in [0, 0.05) is 20.0 Å². The Labute approximate surface area is 124 Å². The Morgan fingerprint density at radius 1 is 1.38 bits per heavy atom. The summed E-state index contributed by atoms with van der Waals surface area (Å²) in [5, 5.41) is 9.23. The van der Waals surface area contributed by atoms with Crippen LogP contribution < -0.4 is 4.74 Å². The highest BCUT2D eigenvalue weighted by molar-refractivity contribution is 5.75. The molecule has 0 aliphatic heterocycles. The number of amides is 1. The predicted octanol–water partition coefficient (Wildman–Crippen LogP) is 2.21. The number of hydrogen-bond acceptors (Lipinski definition) is 3. The lowest BCUT2D eigenvalue weighted by molar-refractivity contribution is -0.131. The summed E-state index contributed by atoms with van der Waals surface area (Å²) < 4.78 is 18.2. The number of benzene rings is 1. The summed E-state index contributed by atoms with van der Waals surface area (Å²) in [7, 11) is 1.80. The molecule has 0 unspecified atom stereocenters. The molecule has 0 radical (unpaired) electrons. The topological polar surface area (TPSA) is 49.8 Å². The summed E-state index contributed by atoms with van der Waals surface area (Å²) in [5.74, 6) is 0.851. The van der Waals surface area contributed by atoms with Crippen LogP contribution in [-0.4, -0.2) is 42.2 Å². The zero-order chi connectivity index (χ0) is 15.2. The second kappa shape index (κ2) is 7.41. The van der Waals surface area contributed by atoms with E-state index in [0.29, 0.717) is 37.7 Å². The second-order valence-corrected chi connectivity index (χ2v) is 5.67. The standard InChI is InChI=1S/C16H22FNO3/c1-18(11-12-9-14(19)10-12)16(20)3-2-8-21-15-6-4-13(17)5-7-15/h4-7,12,14,19H,2-3,8-11H2,1H3. The smallest absolute Gasteiger partial charge is 0.222 e. The van der Waals surface area contributed by atoms with E-state index >= 15 is 0 Å². The van der Waals surface area contributed by atoms with Gasteiger partial charge in [-0.1, -0.05) is 0 Å². The van der Waals surface area contributed by atoms with Gasteiger partial charge in [0.05, 0.1) is 12.7 Å². The van der Waals surface area contributed by atoms with Gasteiger partial charge in [0.25, 0.3) is 0 Å². The molecule has 0 bridgehead atoms. The van der Waals surface area contributed by atoms with Crippen molar-refractivity contribution in [2.24, 2.45) is 5.92 Å². The van der Waals surface area contributed by atoms with Gasteiger partial charge in [0.15, 0.2) is 0 Å². The number of nitrogens with zero attached hydrogens (tertiary/aromatic N) is 1. The summed E-state index contributed by atoms with van der Waals surface area (Å²) in [6.45, 7) is 1.15. The Morgan fingerprint density at radius 2 is 2.05 bits per heavy atom. The van der Waals surface area contributed by atoms with Crippen LogP contribution in [0.2, 0.25) is 0 Å². The number of aliphatic hydroxyl groups is 1. The van der Waals surface area contributed by atoms with Crippen LogP contribution in [0.3, 0.4) is 0 Å². The Kier molecular flexibility index (Phi) is 5.56. The molecule has 1 aliphatic rings. The Bertz CT molecular complexity index is 457. The molecular weight excluding hydrogens is 273 g/mol. The zero-order valence-corrected chi connectivity index (χ0v) is 12.3. The third-order valence-corrected chi connectivity index (χ3v) is 3.79. The fraction of sp³-hybridized carbons (Fsp3) is 0.562. The molecule has 0 spiro atoms. The highest BCUT2D eigenvalue weighted by atomic mass is 19.1. The third-order valence-electron chi connectivity index (χ3n) is 3.79. The number of carbonyl (C=O) groups excluding carboxylic acids is 1. The molecule has 1 N–H and O–H groups in total. The van der Waals surface area contributed by atoms with Gasteiger partial charge in [0.1, 0.15) is 11.6 Å². The van der Waals surface area contributed by atoms with E-state index in [1.165, 1.54) is 12.1 Å². The Balaban J connectivity index is 1.59. The van der Waals surface area contributed by atoms with E-state index in [4.69, 9.17) is 4.74 Å². The molecular formula is C16H22FNO3. The highest BCUT2D eigenvalue weighted by Crippen LogP contribution is 2.27. The maximum absolute atomic E-state index is 12.7. The van der Waals surface area contributed by atoms with Gasteiger partial charge in [-0.25, -0.2) is 4.39 Å². The summed E-state index contributed by atoms with van der Waals surface area (Å²) in [4.78, 5) is 13.6. The molecule has 1 saturated carbocycles. The van der Waals surface area contributed by atoms with E-state index in [9.17, 15) is 14.3 Å². The molecule has 21 heavy (non-hydrogen) atoms. The van der Waals surface area contributed by atoms with E-state index in [-0.39, 0.29) is 17.8 Å². The second-order valence-electron chi connectivity index (χ2n) is 5.67. The lowest BCUT2D eigenvalue weighted by Crippen LogP contribution is -2.39. The molecule has 2 rings (SSSR count). The summed E-state index contributed by atoms with van der Waals surface area (Å²) in [5.41, 5.74) is 0. The molecule has 0 saturated heterocycles. The van der Waals surface area contributed by atoms with Crippen LogP contribution in [0, 0.1) is 11.7 Å². The largest absolute Gasteiger partial charge is 0.494 e. The molecule has 4 nitrogen and oxygen atoms in total. The number of halogens is 1. The molecule has 1 fully saturated rings.